The Labute approximate surface area is 89.2 Å². The molecule has 0 aliphatic rings. The summed E-state index contributed by atoms with van der Waals surface area (Å²) in [6.45, 7) is 2.41. The number of aryl methyl sites for hydroxylation is 1. The number of guanidine groups is 1. The highest BCUT2D eigenvalue weighted by Gasteiger charge is 1.89. The van der Waals surface area contributed by atoms with Crippen molar-refractivity contribution in [2.24, 2.45) is 16.6 Å². The van der Waals surface area contributed by atoms with Crippen LogP contribution in [0.25, 0.3) is 6.08 Å². The lowest BCUT2D eigenvalue weighted by Crippen LogP contribution is -2.22. The van der Waals surface area contributed by atoms with E-state index in [2.05, 4.69) is 18.1 Å². The highest BCUT2D eigenvalue weighted by atomic mass is 16.6. The quantitative estimate of drug-likeness (QED) is 0.336. The molecule has 80 valence electrons. The average molecular weight is 205 g/mol. The Bertz CT molecular complexity index is 368. The van der Waals surface area contributed by atoms with Gasteiger partial charge in [0.2, 0.25) is 5.96 Å². The number of nitrogens with two attached hydrogens (primary N) is 2. The van der Waals surface area contributed by atoms with Crippen LogP contribution in [0.1, 0.15) is 11.1 Å². The van der Waals surface area contributed by atoms with Crippen LogP contribution in [0.3, 0.4) is 0 Å². The van der Waals surface area contributed by atoms with Crippen LogP contribution in [0.4, 0.5) is 0 Å². The molecule has 1 aromatic rings. The highest BCUT2D eigenvalue weighted by molar-refractivity contribution is 5.74. The maximum atomic E-state index is 5.09. The van der Waals surface area contributed by atoms with Crippen LogP contribution < -0.4 is 11.5 Å². The van der Waals surface area contributed by atoms with E-state index in [-0.39, 0.29) is 5.96 Å². The lowest BCUT2D eigenvalue weighted by molar-refractivity contribution is 0.174. The fraction of sp³-hybridized carbons (Fsp3) is 0.182. The molecule has 15 heavy (non-hydrogen) atoms. The molecular formula is C11H15N3O. The van der Waals surface area contributed by atoms with E-state index in [9.17, 15) is 0 Å². The van der Waals surface area contributed by atoms with Crippen LogP contribution in [0.5, 0.6) is 0 Å². The first-order valence-electron chi connectivity index (χ1n) is 4.63. The molecule has 0 heterocycles. The normalized spacial score (nSPS) is 10.2. The van der Waals surface area contributed by atoms with Crippen LogP contribution in [0.15, 0.2) is 35.5 Å². The number of hydrogen-bond acceptors (Lipinski definition) is 2. The van der Waals surface area contributed by atoms with Crippen molar-refractivity contribution in [1.29, 1.82) is 0 Å². The Morgan fingerprint density at radius 3 is 2.80 bits per heavy atom. The van der Waals surface area contributed by atoms with Gasteiger partial charge >= 0.3 is 0 Å². The van der Waals surface area contributed by atoms with Crippen molar-refractivity contribution in [3.05, 3.63) is 41.5 Å². The molecule has 4 nitrogen and oxygen atoms in total. The number of hydrogen-bond donors (Lipinski definition) is 2. The third kappa shape index (κ3) is 4.17. The Morgan fingerprint density at radius 1 is 1.40 bits per heavy atom. The van der Waals surface area contributed by atoms with Gasteiger partial charge in [0.1, 0.15) is 6.61 Å². The van der Waals surface area contributed by atoms with Gasteiger partial charge in [0.25, 0.3) is 0 Å². The zero-order valence-corrected chi connectivity index (χ0v) is 8.68. The maximum absolute atomic E-state index is 5.09. The minimum absolute atomic E-state index is 0.0701. The molecule has 0 unspecified atom stereocenters. The van der Waals surface area contributed by atoms with Crippen molar-refractivity contribution in [3.8, 4) is 0 Å². The van der Waals surface area contributed by atoms with Gasteiger partial charge < -0.3 is 16.3 Å². The maximum Gasteiger partial charge on any atom is 0.228 e. The lowest BCUT2D eigenvalue weighted by Gasteiger charge is -1.98. The van der Waals surface area contributed by atoms with Gasteiger partial charge in [-0.2, -0.15) is 0 Å². The largest absolute Gasteiger partial charge is 0.389 e. The summed E-state index contributed by atoms with van der Waals surface area (Å²) in [6.07, 6.45) is 3.83. The van der Waals surface area contributed by atoms with Crippen molar-refractivity contribution < 1.29 is 4.84 Å². The van der Waals surface area contributed by atoms with Crippen LogP contribution in [0, 0.1) is 6.92 Å². The smallest absolute Gasteiger partial charge is 0.228 e. The monoisotopic (exact) mass is 205 g/mol. The van der Waals surface area contributed by atoms with E-state index in [1.165, 1.54) is 5.56 Å². The first-order chi connectivity index (χ1) is 7.20. The van der Waals surface area contributed by atoms with Gasteiger partial charge in [0.05, 0.1) is 0 Å². The van der Waals surface area contributed by atoms with Gasteiger partial charge in [-0.1, -0.05) is 30.3 Å². The predicted molar refractivity (Wildman–Crippen MR) is 62.0 cm³/mol. The van der Waals surface area contributed by atoms with Crippen molar-refractivity contribution in [2.75, 3.05) is 6.61 Å². The Kier molecular flexibility index (Phi) is 4.22. The van der Waals surface area contributed by atoms with E-state index >= 15 is 0 Å². The van der Waals surface area contributed by atoms with E-state index in [4.69, 9.17) is 16.3 Å². The zero-order valence-electron chi connectivity index (χ0n) is 8.68. The number of nitrogens with zero attached hydrogens (tertiary/aromatic N) is 1. The topological polar surface area (TPSA) is 73.6 Å². The molecule has 0 atom stereocenters. The number of rotatable bonds is 4. The lowest BCUT2D eigenvalue weighted by atomic mass is 10.1. The molecule has 1 aromatic carbocycles. The molecule has 0 amide bonds. The second-order valence-electron chi connectivity index (χ2n) is 3.07. The molecule has 0 saturated heterocycles. The molecule has 0 aliphatic heterocycles. The third-order valence-electron chi connectivity index (χ3n) is 1.83. The van der Waals surface area contributed by atoms with Gasteiger partial charge in [-0.3, -0.25) is 0 Å². The molecule has 0 aromatic heterocycles. The van der Waals surface area contributed by atoms with Crippen molar-refractivity contribution >= 4 is 12.0 Å². The van der Waals surface area contributed by atoms with E-state index in [1.54, 1.807) is 0 Å². The molecule has 1 rings (SSSR count). The molecule has 4 heteroatoms. The molecule has 0 spiro atoms. The SMILES string of the molecule is Cc1ccccc1/C=C/CON=C(N)N. The van der Waals surface area contributed by atoms with Crippen LogP contribution in [-0.2, 0) is 4.84 Å². The van der Waals surface area contributed by atoms with Crippen molar-refractivity contribution in [1.82, 2.24) is 0 Å². The van der Waals surface area contributed by atoms with Crippen LogP contribution in [0.2, 0.25) is 0 Å². The van der Waals surface area contributed by atoms with E-state index < -0.39 is 0 Å². The number of benzene rings is 1. The fourth-order valence-electron chi connectivity index (χ4n) is 1.10. The summed E-state index contributed by atoms with van der Waals surface area (Å²) in [4.78, 5) is 4.81. The zero-order chi connectivity index (χ0) is 11.1. The van der Waals surface area contributed by atoms with E-state index in [0.29, 0.717) is 6.61 Å². The Morgan fingerprint density at radius 2 is 2.13 bits per heavy atom. The minimum atomic E-state index is -0.0701. The number of oxime groups is 1. The van der Waals surface area contributed by atoms with Crippen LogP contribution in [-0.4, -0.2) is 12.6 Å². The summed E-state index contributed by atoms with van der Waals surface area (Å²) in [5.74, 6) is -0.0701. The first kappa shape index (κ1) is 11.1. The van der Waals surface area contributed by atoms with Gasteiger partial charge in [-0.25, -0.2) is 0 Å². The van der Waals surface area contributed by atoms with E-state index in [0.717, 1.165) is 5.56 Å². The average Bonchev–Trinajstić information content (AvgIpc) is 2.20. The molecule has 0 fully saturated rings. The summed E-state index contributed by atoms with van der Waals surface area (Å²) in [7, 11) is 0. The van der Waals surface area contributed by atoms with E-state index in [1.807, 2.05) is 30.4 Å². The summed E-state index contributed by atoms with van der Waals surface area (Å²) in [5.41, 5.74) is 12.6. The predicted octanol–water partition coefficient (Wildman–Crippen LogP) is 1.21. The van der Waals surface area contributed by atoms with Crippen LogP contribution >= 0.6 is 0 Å². The minimum Gasteiger partial charge on any atom is -0.389 e. The van der Waals surface area contributed by atoms with Gasteiger partial charge in [-0.15, -0.1) is 0 Å². The van der Waals surface area contributed by atoms with Gasteiger partial charge in [-0.05, 0) is 29.3 Å². The second-order valence-corrected chi connectivity index (χ2v) is 3.07. The molecule has 0 aliphatic carbocycles. The van der Waals surface area contributed by atoms with Gasteiger partial charge in [0, 0.05) is 0 Å². The Balaban J connectivity index is 2.45. The molecular weight excluding hydrogens is 190 g/mol. The summed E-state index contributed by atoms with van der Waals surface area (Å²) < 4.78 is 0. The Hall–Kier alpha value is -1.97. The summed E-state index contributed by atoms with van der Waals surface area (Å²) in [5, 5.41) is 3.40. The van der Waals surface area contributed by atoms with Gasteiger partial charge in [0.15, 0.2) is 0 Å². The van der Waals surface area contributed by atoms with Crippen molar-refractivity contribution in [2.45, 2.75) is 6.92 Å². The fourth-order valence-corrected chi connectivity index (χ4v) is 1.10. The molecule has 0 bridgehead atoms. The standard InChI is InChI=1S/C11H15N3O/c1-9-5-2-3-6-10(9)7-4-8-15-14-11(12)13/h2-7H,8H2,1H3,(H4,12,13,14)/b7-4+. The molecule has 0 saturated carbocycles. The summed E-state index contributed by atoms with van der Waals surface area (Å²) in [6, 6.07) is 8.08. The first-order valence-corrected chi connectivity index (χ1v) is 4.63. The second kappa shape index (κ2) is 5.70. The highest BCUT2D eigenvalue weighted by Crippen LogP contribution is 2.08. The molecule has 0 radical (unpaired) electrons. The third-order valence-corrected chi connectivity index (χ3v) is 1.83. The summed E-state index contributed by atoms with van der Waals surface area (Å²) >= 11 is 0. The molecule has 4 N–H and O–H groups in total. The van der Waals surface area contributed by atoms with Crippen molar-refractivity contribution in [3.63, 3.8) is 0 Å².